The summed E-state index contributed by atoms with van der Waals surface area (Å²) in [5, 5.41) is 8.89. The molecule has 0 aromatic heterocycles. The molecule has 1 saturated carbocycles. The molecule has 1 fully saturated rings. The summed E-state index contributed by atoms with van der Waals surface area (Å²) in [5.41, 5.74) is 2.13. The van der Waals surface area contributed by atoms with Crippen molar-refractivity contribution in [3.63, 3.8) is 0 Å². The third-order valence-corrected chi connectivity index (χ3v) is 3.41. The van der Waals surface area contributed by atoms with Crippen LogP contribution in [-0.4, -0.2) is 41.6 Å². The molecule has 1 N–H and O–H groups in total. The predicted octanol–water partition coefficient (Wildman–Crippen LogP) is 2.01. The first-order valence-corrected chi connectivity index (χ1v) is 7.14. The molecule has 0 aliphatic heterocycles. The summed E-state index contributed by atoms with van der Waals surface area (Å²) in [6.07, 6.45) is 2.14. The molecule has 0 radical (unpaired) electrons. The number of aryl methyl sites for hydroxylation is 2. The van der Waals surface area contributed by atoms with Crippen LogP contribution in [-0.2, 0) is 9.59 Å². The highest BCUT2D eigenvalue weighted by atomic mass is 16.5. The fraction of sp³-hybridized carbons (Fsp3) is 0.500. The monoisotopic (exact) mass is 291 g/mol. The zero-order valence-corrected chi connectivity index (χ0v) is 12.5. The van der Waals surface area contributed by atoms with Gasteiger partial charge < -0.3 is 14.7 Å². The predicted molar refractivity (Wildman–Crippen MR) is 78.4 cm³/mol. The highest BCUT2D eigenvalue weighted by Gasteiger charge is 2.28. The Hall–Kier alpha value is -2.04. The van der Waals surface area contributed by atoms with E-state index in [0.29, 0.717) is 18.2 Å². The molecule has 1 aromatic carbocycles. The molecule has 0 saturated heterocycles. The molecule has 0 spiro atoms. The van der Waals surface area contributed by atoms with Gasteiger partial charge in [0.05, 0.1) is 0 Å². The molecule has 5 nitrogen and oxygen atoms in total. The molecule has 1 aliphatic rings. The largest absolute Gasteiger partial charge is 0.484 e. The maximum atomic E-state index is 12.1. The number of aliphatic carboxylic acids is 1. The van der Waals surface area contributed by atoms with Crippen molar-refractivity contribution < 1.29 is 19.4 Å². The topological polar surface area (TPSA) is 66.8 Å². The van der Waals surface area contributed by atoms with E-state index in [4.69, 9.17) is 9.84 Å². The molecule has 0 bridgehead atoms. The fourth-order valence-corrected chi connectivity index (χ4v) is 2.28. The number of amides is 1. The number of carboxylic acid groups (broad SMARTS) is 1. The molecule has 21 heavy (non-hydrogen) atoms. The average molecular weight is 291 g/mol. The Kier molecular flexibility index (Phi) is 4.83. The van der Waals surface area contributed by atoms with E-state index in [-0.39, 0.29) is 19.1 Å². The Morgan fingerprint density at radius 2 is 1.86 bits per heavy atom. The SMILES string of the molecule is Cc1cc(C)cc(OCC(=O)N(CC(=O)O)CC2CC2)c1. The second kappa shape index (κ2) is 6.61. The van der Waals surface area contributed by atoms with Crippen LogP contribution in [0.15, 0.2) is 18.2 Å². The van der Waals surface area contributed by atoms with E-state index in [1.807, 2.05) is 32.0 Å². The quantitative estimate of drug-likeness (QED) is 0.834. The van der Waals surface area contributed by atoms with Gasteiger partial charge >= 0.3 is 5.97 Å². The first kappa shape index (κ1) is 15.4. The van der Waals surface area contributed by atoms with Crippen molar-refractivity contribution in [1.82, 2.24) is 4.90 Å². The van der Waals surface area contributed by atoms with Gasteiger partial charge in [0.1, 0.15) is 12.3 Å². The van der Waals surface area contributed by atoms with Crippen LogP contribution in [0.4, 0.5) is 0 Å². The number of carboxylic acids is 1. The summed E-state index contributed by atoms with van der Waals surface area (Å²) < 4.78 is 5.51. The van der Waals surface area contributed by atoms with E-state index in [1.54, 1.807) is 0 Å². The zero-order chi connectivity index (χ0) is 15.4. The van der Waals surface area contributed by atoms with Crippen LogP contribution in [0, 0.1) is 19.8 Å². The first-order valence-electron chi connectivity index (χ1n) is 7.14. The van der Waals surface area contributed by atoms with Gasteiger partial charge in [0.15, 0.2) is 6.61 Å². The minimum Gasteiger partial charge on any atom is -0.484 e. The third kappa shape index (κ3) is 5.10. The summed E-state index contributed by atoms with van der Waals surface area (Å²) in [6, 6.07) is 5.75. The van der Waals surface area contributed by atoms with E-state index in [2.05, 4.69) is 0 Å². The molecule has 1 aromatic rings. The second-order valence-corrected chi connectivity index (χ2v) is 5.72. The number of benzene rings is 1. The summed E-state index contributed by atoms with van der Waals surface area (Å²) in [6.45, 7) is 4.06. The molecule has 1 amide bonds. The van der Waals surface area contributed by atoms with Crippen molar-refractivity contribution in [2.24, 2.45) is 5.92 Å². The van der Waals surface area contributed by atoms with Crippen LogP contribution in [0.25, 0.3) is 0 Å². The van der Waals surface area contributed by atoms with E-state index in [9.17, 15) is 9.59 Å². The lowest BCUT2D eigenvalue weighted by atomic mass is 10.1. The lowest BCUT2D eigenvalue weighted by Crippen LogP contribution is -2.40. The molecular weight excluding hydrogens is 270 g/mol. The Labute approximate surface area is 124 Å². The Balaban J connectivity index is 1.92. The van der Waals surface area contributed by atoms with Gasteiger partial charge in [-0.1, -0.05) is 6.07 Å². The van der Waals surface area contributed by atoms with Gasteiger partial charge in [0.2, 0.25) is 0 Å². The molecule has 114 valence electrons. The first-order chi connectivity index (χ1) is 9.94. The average Bonchev–Trinajstić information content (AvgIpc) is 3.17. The number of nitrogens with zero attached hydrogens (tertiary/aromatic N) is 1. The van der Waals surface area contributed by atoms with Gasteiger partial charge in [0, 0.05) is 6.54 Å². The van der Waals surface area contributed by atoms with Crippen LogP contribution in [0.2, 0.25) is 0 Å². The van der Waals surface area contributed by atoms with Gasteiger partial charge in [-0.15, -0.1) is 0 Å². The number of carbonyl (C=O) groups is 2. The van der Waals surface area contributed by atoms with Crippen LogP contribution < -0.4 is 4.74 Å². The Morgan fingerprint density at radius 1 is 1.24 bits per heavy atom. The summed E-state index contributed by atoms with van der Waals surface area (Å²) >= 11 is 0. The lowest BCUT2D eigenvalue weighted by molar-refractivity contribution is -0.145. The second-order valence-electron chi connectivity index (χ2n) is 5.72. The van der Waals surface area contributed by atoms with E-state index in [1.165, 1.54) is 4.90 Å². The molecule has 0 atom stereocenters. The maximum Gasteiger partial charge on any atom is 0.323 e. The van der Waals surface area contributed by atoms with Crippen molar-refractivity contribution >= 4 is 11.9 Å². The van der Waals surface area contributed by atoms with Crippen molar-refractivity contribution in [1.29, 1.82) is 0 Å². The van der Waals surface area contributed by atoms with E-state index in [0.717, 1.165) is 24.0 Å². The van der Waals surface area contributed by atoms with E-state index >= 15 is 0 Å². The molecule has 2 rings (SSSR count). The number of rotatable bonds is 7. The third-order valence-electron chi connectivity index (χ3n) is 3.41. The molecular formula is C16H21NO4. The zero-order valence-electron chi connectivity index (χ0n) is 12.5. The summed E-state index contributed by atoms with van der Waals surface area (Å²) in [5.74, 6) is -0.170. The minimum absolute atomic E-state index is 0.122. The maximum absolute atomic E-state index is 12.1. The number of hydrogen-bond donors (Lipinski definition) is 1. The highest BCUT2D eigenvalue weighted by molar-refractivity contribution is 5.82. The van der Waals surface area contributed by atoms with Crippen LogP contribution in [0.1, 0.15) is 24.0 Å². The number of ether oxygens (including phenoxy) is 1. The van der Waals surface area contributed by atoms with Crippen molar-refractivity contribution in [3.05, 3.63) is 29.3 Å². The van der Waals surface area contributed by atoms with Crippen molar-refractivity contribution in [2.75, 3.05) is 19.7 Å². The molecule has 0 unspecified atom stereocenters. The van der Waals surface area contributed by atoms with Gasteiger partial charge in [-0.3, -0.25) is 9.59 Å². The Morgan fingerprint density at radius 3 is 2.38 bits per heavy atom. The minimum atomic E-state index is -0.990. The van der Waals surface area contributed by atoms with Crippen LogP contribution in [0.3, 0.4) is 0 Å². The normalized spacial score (nSPS) is 13.8. The lowest BCUT2D eigenvalue weighted by Gasteiger charge is -2.20. The number of carbonyl (C=O) groups excluding carboxylic acids is 1. The molecule has 5 heteroatoms. The van der Waals surface area contributed by atoms with Gasteiger partial charge in [-0.05, 0) is 55.9 Å². The Bertz CT molecular complexity index is 517. The summed E-state index contributed by atoms with van der Waals surface area (Å²) in [4.78, 5) is 24.3. The highest BCUT2D eigenvalue weighted by Crippen LogP contribution is 2.29. The summed E-state index contributed by atoms with van der Waals surface area (Å²) in [7, 11) is 0. The van der Waals surface area contributed by atoms with Gasteiger partial charge in [0.25, 0.3) is 5.91 Å². The standard InChI is InChI=1S/C16H21NO4/c1-11-5-12(2)7-14(6-11)21-10-15(18)17(9-16(19)20)8-13-3-4-13/h5-7,13H,3-4,8-10H2,1-2H3,(H,19,20). The van der Waals surface area contributed by atoms with Crippen LogP contribution in [0.5, 0.6) is 5.75 Å². The van der Waals surface area contributed by atoms with E-state index < -0.39 is 5.97 Å². The molecule has 1 aliphatic carbocycles. The van der Waals surface area contributed by atoms with Gasteiger partial charge in [-0.2, -0.15) is 0 Å². The fourth-order valence-electron chi connectivity index (χ4n) is 2.28. The molecule has 0 heterocycles. The van der Waals surface area contributed by atoms with Crippen LogP contribution >= 0.6 is 0 Å². The smallest absolute Gasteiger partial charge is 0.323 e. The van der Waals surface area contributed by atoms with Crippen molar-refractivity contribution in [3.8, 4) is 5.75 Å². The van der Waals surface area contributed by atoms with Crippen molar-refractivity contribution in [2.45, 2.75) is 26.7 Å². The van der Waals surface area contributed by atoms with Gasteiger partial charge in [-0.25, -0.2) is 0 Å². The number of hydrogen-bond acceptors (Lipinski definition) is 3.